The molecule has 3 heterocycles. The van der Waals surface area contributed by atoms with Crippen LogP contribution in [0.3, 0.4) is 0 Å². The first-order chi connectivity index (χ1) is 13.1. The predicted molar refractivity (Wildman–Crippen MR) is 96.5 cm³/mol. The Hall–Kier alpha value is -3.42. The second-order valence-electron chi connectivity index (χ2n) is 5.95. The highest BCUT2D eigenvalue weighted by molar-refractivity contribution is 5.79. The van der Waals surface area contributed by atoms with Crippen molar-refractivity contribution in [2.45, 2.75) is 26.9 Å². The van der Waals surface area contributed by atoms with Gasteiger partial charge in [-0.15, -0.1) is 10.2 Å². The van der Waals surface area contributed by atoms with Crippen LogP contribution in [0.15, 0.2) is 45.5 Å². The summed E-state index contributed by atoms with van der Waals surface area (Å²) in [6, 6.07) is 9.25. The van der Waals surface area contributed by atoms with Crippen LogP contribution in [-0.4, -0.2) is 26.9 Å². The van der Waals surface area contributed by atoms with E-state index in [1.165, 1.54) is 0 Å². The van der Waals surface area contributed by atoms with Crippen LogP contribution in [0.2, 0.25) is 0 Å². The maximum Gasteiger partial charge on any atom is 0.257 e. The molecule has 0 aliphatic carbocycles. The van der Waals surface area contributed by atoms with Gasteiger partial charge in [0, 0.05) is 6.20 Å². The quantitative estimate of drug-likeness (QED) is 0.503. The molecule has 0 unspecified atom stereocenters. The normalized spacial score (nSPS) is 12.3. The summed E-state index contributed by atoms with van der Waals surface area (Å²) in [5.74, 6) is 2.22. The molecule has 1 aromatic carbocycles. The van der Waals surface area contributed by atoms with E-state index in [9.17, 15) is 0 Å². The Balaban J connectivity index is 1.51. The Labute approximate surface area is 155 Å². The summed E-state index contributed by atoms with van der Waals surface area (Å²) in [7, 11) is 0. The lowest BCUT2D eigenvalue weighted by atomic mass is 10.2. The molecule has 4 aromatic rings. The van der Waals surface area contributed by atoms with Gasteiger partial charge in [-0.3, -0.25) is 0 Å². The number of hydrogen-bond acceptors (Lipinski definition) is 8. The first kappa shape index (κ1) is 17.0. The van der Waals surface area contributed by atoms with Crippen LogP contribution in [0.4, 0.5) is 0 Å². The number of aryl methyl sites for hydroxylation is 1. The Kier molecular flexibility index (Phi) is 4.45. The summed E-state index contributed by atoms with van der Waals surface area (Å²) in [4.78, 5) is 4.22. The number of benzene rings is 1. The third kappa shape index (κ3) is 3.46. The molecule has 0 N–H and O–H groups in total. The number of rotatable bonds is 6. The molecule has 8 nitrogen and oxygen atoms in total. The van der Waals surface area contributed by atoms with Crippen LogP contribution in [-0.2, 0) is 0 Å². The van der Waals surface area contributed by atoms with Crippen LogP contribution in [0.1, 0.15) is 31.5 Å². The molecule has 3 aromatic heterocycles. The summed E-state index contributed by atoms with van der Waals surface area (Å²) in [6.07, 6.45) is 1.21. The lowest BCUT2D eigenvalue weighted by molar-refractivity contribution is 0.189. The molecule has 0 spiro atoms. The fourth-order valence-corrected chi connectivity index (χ4v) is 2.61. The van der Waals surface area contributed by atoms with Gasteiger partial charge in [-0.2, -0.15) is 0 Å². The molecular formula is C19H18N4O4. The van der Waals surface area contributed by atoms with Crippen LogP contribution in [0, 0.1) is 6.92 Å². The second kappa shape index (κ2) is 7.06. The number of pyridine rings is 1. The Morgan fingerprint density at radius 1 is 1.11 bits per heavy atom. The van der Waals surface area contributed by atoms with Gasteiger partial charge < -0.3 is 18.4 Å². The summed E-state index contributed by atoms with van der Waals surface area (Å²) in [5, 5.41) is 12.9. The van der Waals surface area contributed by atoms with Crippen molar-refractivity contribution in [3.05, 3.63) is 48.1 Å². The van der Waals surface area contributed by atoms with E-state index in [1.807, 2.05) is 51.1 Å². The molecule has 0 saturated carbocycles. The predicted octanol–water partition coefficient (Wildman–Crippen LogP) is 4.12. The Bertz CT molecular complexity index is 1060. The van der Waals surface area contributed by atoms with E-state index in [4.69, 9.17) is 18.4 Å². The van der Waals surface area contributed by atoms with Crippen molar-refractivity contribution in [2.75, 3.05) is 6.61 Å². The number of hydrogen-bond donors (Lipinski definition) is 0. The number of aromatic nitrogens is 4. The third-order valence-corrected chi connectivity index (χ3v) is 3.99. The van der Waals surface area contributed by atoms with Gasteiger partial charge in [0.05, 0.1) is 23.3 Å². The summed E-state index contributed by atoms with van der Waals surface area (Å²) in [6.45, 7) is 6.26. The smallest absolute Gasteiger partial charge is 0.257 e. The van der Waals surface area contributed by atoms with Gasteiger partial charge in [0.25, 0.3) is 11.6 Å². The monoisotopic (exact) mass is 366 g/mol. The maximum atomic E-state index is 5.87. The van der Waals surface area contributed by atoms with E-state index in [1.54, 1.807) is 6.20 Å². The van der Waals surface area contributed by atoms with Crippen LogP contribution < -0.4 is 9.47 Å². The fourth-order valence-electron chi connectivity index (χ4n) is 2.61. The molecule has 0 aliphatic rings. The molecule has 0 saturated heterocycles. The van der Waals surface area contributed by atoms with Gasteiger partial charge >= 0.3 is 0 Å². The minimum absolute atomic E-state index is 0.363. The van der Waals surface area contributed by atoms with Gasteiger partial charge in [-0.25, -0.2) is 4.98 Å². The molecule has 0 fully saturated rings. The fraction of sp³-hybridized carbons (Fsp3) is 0.263. The highest BCUT2D eigenvalue weighted by atomic mass is 16.5. The number of fused-ring (bicyclic) bond motifs is 1. The highest BCUT2D eigenvalue weighted by Gasteiger charge is 2.18. The summed E-state index contributed by atoms with van der Waals surface area (Å²) < 4.78 is 22.2. The number of nitrogens with zero attached hydrogens (tertiary/aromatic N) is 4. The van der Waals surface area contributed by atoms with E-state index >= 15 is 0 Å². The third-order valence-electron chi connectivity index (χ3n) is 3.99. The van der Waals surface area contributed by atoms with E-state index in [0.717, 1.165) is 16.8 Å². The van der Waals surface area contributed by atoms with Crippen molar-refractivity contribution in [3.8, 4) is 23.0 Å². The summed E-state index contributed by atoms with van der Waals surface area (Å²) in [5.41, 5.74) is 1.93. The van der Waals surface area contributed by atoms with E-state index in [-0.39, 0.29) is 0 Å². The van der Waals surface area contributed by atoms with E-state index in [0.29, 0.717) is 35.4 Å². The first-order valence-corrected chi connectivity index (χ1v) is 8.59. The van der Waals surface area contributed by atoms with Gasteiger partial charge in [0.15, 0.2) is 6.10 Å². The molecule has 138 valence electrons. The minimum Gasteiger partial charge on any atom is -0.494 e. The molecule has 1 atom stereocenters. The van der Waals surface area contributed by atoms with Gasteiger partial charge in [-0.05, 0) is 51.1 Å². The zero-order valence-electron chi connectivity index (χ0n) is 15.2. The van der Waals surface area contributed by atoms with Crippen LogP contribution in [0.25, 0.3) is 22.6 Å². The van der Waals surface area contributed by atoms with Gasteiger partial charge in [-0.1, -0.05) is 5.16 Å². The molecule has 0 aliphatic heterocycles. The van der Waals surface area contributed by atoms with Crippen molar-refractivity contribution in [3.63, 3.8) is 0 Å². The van der Waals surface area contributed by atoms with Crippen molar-refractivity contribution in [1.29, 1.82) is 0 Å². The largest absolute Gasteiger partial charge is 0.494 e. The van der Waals surface area contributed by atoms with Crippen molar-refractivity contribution in [1.82, 2.24) is 20.3 Å². The Morgan fingerprint density at radius 3 is 2.67 bits per heavy atom. The molecular weight excluding hydrogens is 348 g/mol. The molecule has 4 rings (SSSR count). The Morgan fingerprint density at radius 2 is 1.89 bits per heavy atom. The van der Waals surface area contributed by atoms with Gasteiger partial charge in [0.1, 0.15) is 11.5 Å². The molecule has 0 bridgehead atoms. The highest BCUT2D eigenvalue weighted by Crippen LogP contribution is 2.27. The van der Waals surface area contributed by atoms with Gasteiger partial charge in [0.2, 0.25) is 5.89 Å². The number of ether oxygens (including phenoxy) is 2. The van der Waals surface area contributed by atoms with Crippen molar-refractivity contribution < 1.29 is 18.4 Å². The standard InChI is InChI=1S/C19H18N4O4/c1-4-24-14-5-7-15(8-6-14)25-12(3)17-21-22-18(26-17)13-9-16-11(2)23-27-19(16)20-10-13/h5-10,12H,4H2,1-3H3/t12-/m1/s1. The molecule has 27 heavy (non-hydrogen) atoms. The van der Waals surface area contributed by atoms with Crippen molar-refractivity contribution >= 4 is 11.1 Å². The first-order valence-electron chi connectivity index (χ1n) is 8.59. The molecule has 8 heteroatoms. The lowest BCUT2D eigenvalue weighted by Crippen LogP contribution is -2.03. The second-order valence-corrected chi connectivity index (χ2v) is 5.95. The maximum absolute atomic E-state index is 5.87. The zero-order chi connectivity index (χ0) is 18.8. The SMILES string of the molecule is CCOc1ccc(O[C@H](C)c2nnc(-c3cnc4onc(C)c4c3)o2)cc1. The van der Waals surface area contributed by atoms with E-state index in [2.05, 4.69) is 20.3 Å². The lowest BCUT2D eigenvalue weighted by Gasteiger charge is -2.11. The minimum atomic E-state index is -0.404. The van der Waals surface area contributed by atoms with Crippen molar-refractivity contribution in [2.24, 2.45) is 0 Å². The zero-order valence-corrected chi connectivity index (χ0v) is 15.2. The molecule has 0 amide bonds. The molecule has 0 radical (unpaired) electrons. The topological polar surface area (TPSA) is 96.3 Å². The van der Waals surface area contributed by atoms with Crippen LogP contribution >= 0.6 is 0 Å². The van der Waals surface area contributed by atoms with E-state index < -0.39 is 6.10 Å². The average Bonchev–Trinajstić information content (AvgIpc) is 3.31. The van der Waals surface area contributed by atoms with Crippen LogP contribution in [0.5, 0.6) is 11.5 Å². The average molecular weight is 366 g/mol. The summed E-state index contributed by atoms with van der Waals surface area (Å²) >= 11 is 0.